The Kier molecular flexibility index (Phi) is 4.85. The van der Waals surface area contributed by atoms with Gasteiger partial charge < -0.3 is 19.7 Å². The van der Waals surface area contributed by atoms with Crippen LogP contribution in [0.3, 0.4) is 0 Å². The lowest BCUT2D eigenvalue weighted by atomic mass is 9.93. The SMILES string of the molecule is COc1ccc2ncn(Cc3ccc4nc(N[C@@H]5CCCC[C@H]5O)sc4c3)c2c1. The van der Waals surface area contributed by atoms with E-state index in [1.807, 2.05) is 24.5 Å². The van der Waals surface area contributed by atoms with Crippen LogP contribution in [0.2, 0.25) is 0 Å². The van der Waals surface area contributed by atoms with Crippen molar-refractivity contribution in [3.05, 3.63) is 48.3 Å². The largest absolute Gasteiger partial charge is 0.497 e. The molecule has 0 unspecified atom stereocenters. The molecule has 2 atom stereocenters. The number of thiazole rings is 1. The van der Waals surface area contributed by atoms with Gasteiger partial charge in [0.15, 0.2) is 5.13 Å². The predicted octanol–water partition coefficient (Wildman–Crippen LogP) is 4.42. The van der Waals surface area contributed by atoms with Crippen LogP contribution in [-0.2, 0) is 6.54 Å². The monoisotopic (exact) mass is 408 g/mol. The number of nitrogens with one attached hydrogen (secondary N) is 1. The minimum absolute atomic E-state index is 0.107. The van der Waals surface area contributed by atoms with E-state index in [4.69, 9.17) is 9.72 Å². The van der Waals surface area contributed by atoms with Gasteiger partial charge in [0, 0.05) is 12.6 Å². The van der Waals surface area contributed by atoms with Crippen LogP contribution >= 0.6 is 11.3 Å². The van der Waals surface area contributed by atoms with Crippen molar-refractivity contribution in [2.75, 3.05) is 12.4 Å². The topological polar surface area (TPSA) is 72.2 Å². The summed E-state index contributed by atoms with van der Waals surface area (Å²) in [6, 6.07) is 12.4. The highest BCUT2D eigenvalue weighted by atomic mass is 32.1. The van der Waals surface area contributed by atoms with Gasteiger partial charge in [-0.15, -0.1) is 0 Å². The molecule has 2 N–H and O–H groups in total. The molecule has 29 heavy (non-hydrogen) atoms. The average molecular weight is 409 g/mol. The van der Waals surface area contributed by atoms with Crippen LogP contribution in [0.1, 0.15) is 31.2 Å². The second kappa shape index (κ2) is 7.65. The van der Waals surface area contributed by atoms with Gasteiger partial charge in [0.05, 0.1) is 46.8 Å². The zero-order valence-electron chi connectivity index (χ0n) is 16.3. The normalized spacial score (nSPS) is 19.7. The Labute approximate surface area is 173 Å². The Morgan fingerprint density at radius 1 is 1.17 bits per heavy atom. The molecule has 0 saturated heterocycles. The van der Waals surface area contributed by atoms with Crippen LogP contribution in [0.25, 0.3) is 21.3 Å². The van der Waals surface area contributed by atoms with E-state index in [9.17, 15) is 5.11 Å². The molecule has 1 aliphatic carbocycles. The Balaban J connectivity index is 1.39. The summed E-state index contributed by atoms with van der Waals surface area (Å²) in [5.74, 6) is 0.831. The lowest BCUT2D eigenvalue weighted by Crippen LogP contribution is -2.36. The number of nitrogens with zero attached hydrogens (tertiary/aromatic N) is 3. The summed E-state index contributed by atoms with van der Waals surface area (Å²) in [6.45, 7) is 0.738. The van der Waals surface area contributed by atoms with Gasteiger partial charge in [-0.05, 0) is 42.7 Å². The van der Waals surface area contributed by atoms with Gasteiger partial charge in [-0.25, -0.2) is 9.97 Å². The van der Waals surface area contributed by atoms with Crippen molar-refractivity contribution in [2.45, 2.75) is 44.4 Å². The Morgan fingerprint density at radius 2 is 2.03 bits per heavy atom. The highest BCUT2D eigenvalue weighted by Crippen LogP contribution is 2.30. The maximum absolute atomic E-state index is 10.2. The molecular formula is C22H24N4O2S. The van der Waals surface area contributed by atoms with Crippen molar-refractivity contribution in [3.63, 3.8) is 0 Å². The van der Waals surface area contributed by atoms with Gasteiger partial charge >= 0.3 is 0 Å². The highest BCUT2D eigenvalue weighted by Gasteiger charge is 2.23. The Hall–Kier alpha value is -2.64. The number of rotatable bonds is 5. The fraction of sp³-hybridized carbons (Fsp3) is 0.364. The first-order valence-corrected chi connectivity index (χ1v) is 10.8. The average Bonchev–Trinajstić information content (AvgIpc) is 3.32. The van der Waals surface area contributed by atoms with Crippen LogP contribution in [-0.4, -0.2) is 38.9 Å². The third-order valence-electron chi connectivity index (χ3n) is 5.67. The van der Waals surface area contributed by atoms with Crippen LogP contribution in [0.15, 0.2) is 42.7 Å². The highest BCUT2D eigenvalue weighted by molar-refractivity contribution is 7.22. The molecule has 0 aliphatic heterocycles. The maximum Gasteiger partial charge on any atom is 0.184 e. The predicted molar refractivity (Wildman–Crippen MR) is 117 cm³/mol. The number of methoxy groups -OCH3 is 1. The van der Waals surface area contributed by atoms with E-state index in [1.54, 1.807) is 18.4 Å². The summed E-state index contributed by atoms with van der Waals surface area (Å²) in [7, 11) is 1.68. The van der Waals surface area contributed by atoms with Crippen molar-refractivity contribution < 1.29 is 9.84 Å². The minimum Gasteiger partial charge on any atom is -0.497 e. The van der Waals surface area contributed by atoms with Crippen LogP contribution in [0.5, 0.6) is 5.75 Å². The molecule has 0 amide bonds. The fourth-order valence-corrected chi connectivity index (χ4v) is 5.04. The van der Waals surface area contributed by atoms with Crippen molar-refractivity contribution in [2.24, 2.45) is 0 Å². The molecule has 2 heterocycles. The Bertz CT molecular complexity index is 1150. The number of hydrogen-bond acceptors (Lipinski definition) is 6. The Morgan fingerprint density at radius 3 is 2.90 bits per heavy atom. The zero-order valence-corrected chi connectivity index (χ0v) is 17.2. The molecule has 0 bridgehead atoms. The first-order chi connectivity index (χ1) is 14.2. The quantitative estimate of drug-likeness (QED) is 0.511. The number of aliphatic hydroxyl groups is 1. The third-order valence-corrected chi connectivity index (χ3v) is 6.62. The zero-order chi connectivity index (χ0) is 19.8. The third kappa shape index (κ3) is 3.68. The van der Waals surface area contributed by atoms with Gasteiger partial charge in [0.2, 0.25) is 0 Å². The summed E-state index contributed by atoms with van der Waals surface area (Å²) in [4.78, 5) is 9.21. The molecule has 1 saturated carbocycles. The number of ether oxygens (including phenoxy) is 1. The van der Waals surface area contributed by atoms with E-state index in [-0.39, 0.29) is 12.1 Å². The first-order valence-electron chi connectivity index (χ1n) is 10.0. The van der Waals surface area contributed by atoms with Crippen LogP contribution in [0, 0.1) is 0 Å². The van der Waals surface area contributed by atoms with Gasteiger partial charge in [0.1, 0.15) is 5.75 Å². The summed E-state index contributed by atoms with van der Waals surface area (Å²) in [5.41, 5.74) is 4.21. The van der Waals surface area contributed by atoms with E-state index < -0.39 is 0 Å². The number of aliphatic hydroxyl groups excluding tert-OH is 1. The van der Waals surface area contributed by atoms with Crippen molar-refractivity contribution in [3.8, 4) is 5.75 Å². The molecule has 0 radical (unpaired) electrons. The van der Waals surface area contributed by atoms with Gasteiger partial charge in [0.25, 0.3) is 0 Å². The molecule has 5 rings (SSSR count). The summed E-state index contributed by atoms with van der Waals surface area (Å²) in [6.07, 6.45) is 5.73. The van der Waals surface area contributed by atoms with E-state index in [0.717, 1.165) is 64.4 Å². The number of fused-ring (bicyclic) bond motifs is 2. The van der Waals surface area contributed by atoms with Crippen molar-refractivity contribution in [1.82, 2.24) is 14.5 Å². The standard InChI is InChI=1S/C22H24N4O2S/c1-28-15-7-9-16-19(11-15)26(13-23-16)12-14-6-8-18-21(10-14)29-22(25-18)24-17-4-2-3-5-20(17)27/h6-11,13,17,20,27H,2-5,12H2,1H3,(H,24,25)/t17-,20-/m1/s1. The van der Waals surface area contributed by atoms with Crippen LogP contribution in [0.4, 0.5) is 5.13 Å². The molecule has 6 nitrogen and oxygen atoms in total. The lowest BCUT2D eigenvalue weighted by molar-refractivity contribution is 0.116. The molecular weight excluding hydrogens is 384 g/mol. The number of aromatic nitrogens is 3. The molecule has 150 valence electrons. The van der Waals surface area contributed by atoms with E-state index in [1.165, 1.54) is 5.56 Å². The van der Waals surface area contributed by atoms with Crippen molar-refractivity contribution in [1.29, 1.82) is 0 Å². The molecule has 7 heteroatoms. The number of benzene rings is 2. The number of anilines is 1. The van der Waals surface area contributed by atoms with E-state index in [2.05, 4.69) is 33.1 Å². The smallest absolute Gasteiger partial charge is 0.184 e. The van der Waals surface area contributed by atoms with Gasteiger partial charge in [-0.3, -0.25) is 0 Å². The second-order valence-corrected chi connectivity index (χ2v) is 8.68. The first kappa shape index (κ1) is 18.4. The molecule has 4 aromatic rings. The second-order valence-electron chi connectivity index (χ2n) is 7.65. The molecule has 0 spiro atoms. The number of imidazole rings is 1. The minimum atomic E-state index is -0.280. The summed E-state index contributed by atoms with van der Waals surface area (Å²) < 4.78 is 8.64. The molecule has 2 aromatic heterocycles. The number of hydrogen-bond donors (Lipinski definition) is 2. The molecule has 2 aromatic carbocycles. The molecule has 1 fully saturated rings. The van der Waals surface area contributed by atoms with E-state index in [0.29, 0.717) is 0 Å². The summed E-state index contributed by atoms with van der Waals surface area (Å²) in [5, 5.41) is 14.6. The molecule has 1 aliphatic rings. The van der Waals surface area contributed by atoms with Crippen LogP contribution < -0.4 is 10.1 Å². The maximum atomic E-state index is 10.2. The lowest BCUT2D eigenvalue weighted by Gasteiger charge is -2.27. The van der Waals surface area contributed by atoms with Gasteiger partial charge in [-0.2, -0.15) is 0 Å². The van der Waals surface area contributed by atoms with Crippen molar-refractivity contribution >= 4 is 37.7 Å². The van der Waals surface area contributed by atoms with E-state index >= 15 is 0 Å². The fourth-order valence-electron chi connectivity index (χ4n) is 4.05. The summed E-state index contributed by atoms with van der Waals surface area (Å²) >= 11 is 1.65. The van der Waals surface area contributed by atoms with Gasteiger partial charge in [-0.1, -0.05) is 30.2 Å².